The molecule has 2 bridgehead atoms. The van der Waals surface area contributed by atoms with Crippen LogP contribution in [0.5, 0.6) is 17.2 Å². The number of carbonyl (C=O) groups is 2. The lowest BCUT2D eigenvalue weighted by Crippen LogP contribution is -2.45. The summed E-state index contributed by atoms with van der Waals surface area (Å²) < 4.78 is 74.1. The number of methoxy groups -OCH3 is 3. The summed E-state index contributed by atoms with van der Waals surface area (Å²) in [5.74, 6) is -1.21. The number of hydrogen-bond acceptors (Lipinski definition) is 11. The van der Waals surface area contributed by atoms with E-state index in [4.69, 9.17) is 19.2 Å². The SMILES string of the molecule is COc1cc2nc3c(cc2c(OC)c1OC)CN(C(=O)c1cc(-c2ccccn2)n[nH]1)CCCCN(S(=O)(=O)c1cc(F)cc(F)c1)CC(=O)NCC1CCCN3C1. The van der Waals surface area contributed by atoms with Crippen LogP contribution in [0.25, 0.3) is 22.3 Å². The van der Waals surface area contributed by atoms with E-state index in [1.54, 1.807) is 35.4 Å². The maximum absolute atomic E-state index is 14.5. The predicted octanol–water partition coefficient (Wildman–Crippen LogP) is 4.78. The average Bonchev–Trinajstić information content (AvgIpc) is 3.72. The monoisotopic (exact) mass is 818 g/mol. The number of rotatable bonds is 7. The van der Waals surface area contributed by atoms with Crippen LogP contribution in [0.2, 0.25) is 0 Å². The van der Waals surface area contributed by atoms with Gasteiger partial charge in [0.15, 0.2) is 11.5 Å². The Morgan fingerprint density at radius 1 is 0.879 bits per heavy atom. The number of carbonyl (C=O) groups excluding carboxylic acids is 2. The standard InChI is InChI=1S/C40H44F2N8O7S/c1-55-35-20-32-30(37(56-2)38(35)57-3)15-26-23-49(40(52)34-19-33(46-47-34)31-10-4-5-11-43-31)12-6-7-14-50(58(53,54)29-17-27(41)16-28(42)18-29)24-36(51)44-21-25-9-8-13-48(22-25)39(26)45-32/h4-5,10-11,15-20,25H,6-9,12-14,21-24H2,1-3H3,(H,44,51)(H,46,47). The van der Waals surface area contributed by atoms with Crippen LogP contribution in [0.15, 0.2) is 65.7 Å². The summed E-state index contributed by atoms with van der Waals surface area (Å²) >= 11 is 0. The molecule has 2 amide bonds. The van der Waals surface area contributed by atoms with Gasteiger partial charge >= 0.3 is 0 Å². The van der Waals surface area contributed by atoms with Crippen molar-refractivity contribution >= 4 is 38.6 Å². The van der Waals surface area contributed by atoms with Gasteiger partial charge in [-0.25, -0.2) is 22.2 Å². The summed E-state index contributed by atoms with van der Waals surface area (Å²) in [4.78, 5) is 40.6. The first-order valence-corrected chi connectivity index (χ1v) is 20.3. The van der Waals surface area contributed by atoms with Crippen molar-refractivity contribution in [1.29, 1.82) is 0 Å². The highest BCUT2D eigenvalue weighted by molar-refractivity contribution is 7.89. The lowest BCUT2D eigenvalue weighted by molar-refractivity contribution is -0.121. The number of aromatic nitrogens is 4. The van der Waals surface area contributed by atoms with Crippen molar-refractivity contribution in [3.05, 3.63) is 83.7 Å². The molecule has 2 aliphatic rings. The van der Waals surface area contributed by atoms with E-state index in [0.29, 0.717) is 70.1 Å². The zero-order valence-corrected chi connectivity index (χ0v) is 33.2. The van der Waals surface area contributed by atoms with Crippen LogP contribution in [0.4, 0.5) is 14.6 Å². The van der Waals surface area contributed by atoms with E-state index in [-0.39, 0.29) is 56.5 Å². The minimum atomic E-state index is -4.50. The molecule has 2 aromatic carbocycles. The highest BCUT2D eigenvalue weighted by Crippen LogP contribution is 2.44. The van der Waals surface area contributed by atoms with Gasteiger partial charge in [0.25, 0.3) is 5.91 Å². The molecule has 1 saturated heterocycles. The van der Waals surface area contributed by atoms with Crippen molar-refractivity contribution in [2.24, 2.45) is 5.92 Å². The number of nitrogens with zero attached hydrogens (tertiary/aromatic N) is 6. The number of pyridine rings is 2. The number of anilines is 1. The van der Waals surface area contributed by atoms with Crippen LogP contribution in [0.1, 0.15) is 41.7 Å². The summed E-state index contributed by atoms with van der Waals surface area (Å²) in [6.45, 7) is 0.920. The Labute approximate surface area is 334 Å². The predicted molar refractivity (Wildman–Crippen MR) is 210 cm³/mol. The first kappa shape index (κ1) is 40.3. The van der Waals surface area contributed by atoms with E-state index < -0.39 is 39.0 Å². The first-order valence-electron chi connectivity index (χ1n) is 18.9. The Balaban J connectivity index is 1.30. The van der Waals surface area contributed by atoms with Gasteiger partial charge in [-0.1, -0.05) is 6.07 Å². The third-order valence-corrected chi connectivity index (χ3v) is 12.2. The van der Waals surface area contributed by atoms with Crippen LogP contribution < -0.4 is 24.4 Å². The largest absolute Gasteiger partial charge is 0.493 e. The quantitative estimate of drug-likeness (QED) is 0.232. The smallest absolute Gasteiger partial charge is 0.272 e. The van der Waals surface area contributed by atoms with Crippen molar-refractivity contribution in [2.45, 2.75) is 37.1 Å². The zero-order valence-electron chi connectivity index (χ0n) is 32.3. The molecule has 2 aliphatic heterocycles. The van der Waals surface area contributed by atoms with Crippen molar-refractivity contribution in [3.8, 4) is 28.6 Å². The number of fused-ring (bicyclic) bond motifs is 5. The van der Waals surface area contributed by atoms with E-state index in [0.717, 1.165) is 29.3 Å². The summed E-state index contributed by atoms with van der Waals surface area (Å²) in [6.07, 6.45) is 3.67. The van der Waals surface area contributed by atoms with Gasteiger partial charge in [-0.15, -0.1) is 0 Å². The van der Waals surface area contributed by atoms with Crippen molar-refractivity contribution in [2.75, 3.05) is 65.5 Å². The molecular weight excluding hydrogens is 775 g/mol. The van der Waals surface area contributed by atoms with E-state index in [9.17, 15) is 26.8 Å². The average molecular weight is 819 g/mol. The minimum absolute atomic E-state index is 0.0361. The lowest BCUT2D eigenvalue weighted by Gasteiger charge is -2.36. The van der Waals surface area contributed by atoms with E-state index in [2.05, 4.69) is 25.4 Å². The second-order valence-electron chi connectivity index (χ2n) is 14.2. The molecular formula is C40H44F2N8O7S. The molecule has 15 nitrogen and oxygen atoms in total. The highest BCUT2D eigenvalue weighted by Gasteiger charge is 2.31. The second-order valence-corrected chi connectivity index (χ2v) is 16.1. The van der Waals surface area contributed by atoms with Crippen LogP contribution in [-0.4, -0.2) is 110 Å². The van der Waals surface area contributed by atoms with Crippen molar-refractivity contribution in [1.82, 2.24) is 34.7 Å². The van der Waals surface area contributed by atoms with Gasteiger partial charge in [0.05, 0.1) is 44.0 Å². The highest BCUT2D eigenvalue weighted by atomic mass is 32.2. The van der Waals surface area contributed by atoms with Crippen LogP contribution in [-0.2, 0) is 21.4 Å². The Morgan fingerprint density at radius 3 is 2.38 bits per heavy atom. The number of nitrogens with one attached hydrogen (secondary N) is 2. The van der Waals surface area contributed by atoms with Gasteiger partial charge in [-0.05, 0) is 68.0 Å². The Hall–Kier alpha value is -5.88. The molecule has 0 radical (unpaired) electrons. The zero-order chi connectivity index (χ0) is 41.0. The molecule has 3 aromatic heterocycles. The summed E-state index contributed by atoms with van der Waals surface area (Å²) in [7, 11) is 0.0728. The number of H-pyrrole nitrogens is 1. The maximum Gasteiger partial charge on any atom is 0.272 e. The fourth-order valence-electron chi connectivity index (χ4n) is 7.52. The Bertz CT molecular complexity index is 2400. The third kappa shape index (κ3) is 8.52. The van der Waals surface area contributed by atoms with Gasteiger partial charge in [-0.2, -0.15) is 9.40 Å². The fourth-order valence-corrected chi connectivity index (χ4v) is 9.00. The molecule has 0 aliphatic carbocycles. The van der Waals surface area contributed by atoms with Crippen LogP contribution in [0.3, 0.4) is 0 Å². The molecule has 7 rings (SSSR count). The van der Waals surface area contributed by atoms with Crippen LogP contribution in [0, 0.1) is 17.6 Å². The molecule has 306 valence electrons. The van der Waals surface area contributed by atoms with Gasteiger partial charge in [-0.3, -0.25) is 19.7 Å². The molecule has 2 N–H and O–H groups in total. The molecule has 0 spiro atoms. The topological polar surface area (TPSA) is 172 Å². The number of aromatic amines is 1. The number of sulfonamides is 1. The van der Waals surface area contributed by atoms with Crippen molar-refractivity contribution < 1.29 is 41.0 Å². The lowest BCUT2D eigenvalue weighted by atomic mass is 9.97. The van der Waals surface area contributed by atoms with Crippen LogP contribution >= 0.6 is 0 Å². The summed E-state index contributed by atoms with van der Waals surface area (Å²) in [6, 6.07) is 12.8. The molecule has 0 saturated carbocycles. The molecule has 1 atom stereocenters. The normalized spacial score (nSPS) is 17.4. The third-order valence-electron chi connectivity index (χ3n) is 10.3. The number of ether oxygens (including phenoxy) is 3. The molecule has 1 unspecified atom stereocenters. The van der Waals surface area contributed by atoms with Gasteiger partial charge in [0.2, 0.25) is 21.7 Å². The Kier molecular flexibility index (Phi) is 12.0. The number of piperidine rings is 1. The number of benzene rings is 2. The van der Waals surface area contributed by atoms with E-state index in [1.165, 1.54) is 21.3 Å². The summed E-state index contributed by atoms with van der Waals surface area (Å²) in [5, 5.41) is 10.7. The maximum atomic E-state index is 14.5. The van der Waals surface area contributed by atoms with Crippen molar-refractivity contribution in [3.63, 3.8) is 0 Å². The molecule has 5 aromatic rings. The van der Waals surface area contributed by atoms with Gasteiger partial charge < -0.3 is 29.3 Å². The second kappa shape index (κ2) is 17.3. The molecule has 5 heterocycles. The fraction of sp³-hybridized carbons (Fsp3) is 0.375. The molecule has 1 fully saturated rings. The minimum Gasteiger partial charge on any atom is -0.493 e. The number of amides is 2. The van der Waals surface area contributed by atoms with Gasteiger partial charge in [0, 0.05) is 68.5 Å². The van der Waals surface area contributed by atoms with E-state index >= 15 is 0 Å². The Morgan fingerprint density at radius 2 is 1.66 bits per heavy atom. The number of halogens is 2. The molecule has 18 heteroatoms. The first-order chi connectivity index (χ1) is 28.0. The van der Waals surface area contributed by atoms with E-state index in [1.807, 2.05) is 12.1 Å². The summed E-state index contributed by atoms with van der Waals surface area (Å²) in [5.41, 5.74) is 2.56. The molecule has 58 heavy (non-hydrogen) atoms. The number of hydrogen-bond donors (Lipinski definition) is 2. The van der Waals surface area contributed by atoms with Gasteiger partial charge in [0.1, 0.15) is 28.8 Å².